The molecule has 1 saturated carbocycles. The lowest BCUT2D eigenvalue weighted by Gasteiger charge is -2.24. The number of rotatable bonds is 2. The minimum absolute atomic E-state index is 0.0398. The van der Waals surface area contributed by atoms with E-state index in [1.54, 1.807) is 7.05 Å². The van der Waals surface area contributed by atoms with Gasteiger partial charge in [-0.25, -0.2) is 9.97 Å². The summed E-state index contributed by atoms with van der Waals surface area (Å²) >= 11 is 9.76. The number of halogens is 2. The van der Waals surface area contributed by atoms with Gasteiger partial charge in [-0.1, -0.05) is 11.6 Å². The van der Waals surface area contributed by atoms with Gasteiger partial charge in [-0.15, -0.1) is 0 Å². The molecule has 2 aromatic rings. The standard InChI is InChI=1S/C16H18BrClN4O3/c1-16(2)24-11-7(15(23)19-3)4-9(12(11)25-16)22-5-8(17)10-13(18)20-6-21-14(10)22/h5-7,9,11-12H,4H2,1-3H3,(H,19,23)/t7-,9+,11+,12-/m0/s1. The summed E-state index contributed by atoms with van der Waals surface area (Å²) < 4.78 is 15.0. The Bertz CT molecular complexity index is 855. The van der Waals surface area contributed by atoms with Gasteiger partial charge in [-0.3, -0.25) is 4.79 Å². The van der Waals surface area contributed by atoms with Gasteiger partial charge >= 0.3 is 0 Å². The summed E-state index contributed by atoms with van der Waals surface area (Å²) in [5, 5.41) is 3.87. The number of aromatic nitrogens is 3. The van der Waals surface area contributed by atoms with Crippen molar-refractivity contribution in [3.05, 3.63) is 22.1 Å². The third-order valence-electron chi connectivity index (χ3n) is 4.89. The zero-order chi connectivity index (χ0) is 17.9. The van der Waals surface area contributed by atoms with Crippen molar-refractivity contribution in [1.82, 2.24) is 19.9 Å². The molecule has 0 bridgehead atoms. The van der Waals surface area contributed by atoms with E-state index in [1.165, 1.54) is 6.33 Å². The van der Waals surface area contributed by atoms with Crippen LogP contribution in [0.25, 0.3) is 11.0 Å². The minimum atomic E-state index is -0.729. The minimum Gasteiger partial charge on any atom is -0.359 e. The lowest BCUT2D eigenvalue weighted by molar-refractivity contribution is -0.163. The van der Waals surface area contributed by atoms with E-state index in [2.05, 4.69) is 31.2 Å². The first kappa shape index (κ1) is 17.2. The third-order valence-corrected chi connectivity index (χ3v) is 5.78. The zero-order valence-electron chi connectivity index (χ0n) is 14.0. The molecule has 1 N–H and O–H groups in total. The number of ether oxygens (including phenoxy) is 2. The number of carbonyl (C=O) groups is 1. The first-order chi connectivity index (χ1) is 11.8. The number of carbonyl (C=O) groups excluding carboxylic acids is 1. The lowest BCUT2D eigenvalue weighted by Crippen LogP contribution is -2.36. The van der Waals surface area contributed by atoms with Crippen LogP contribution in [0.3, 0.4) is 0 Å². The molecule has 1 aliphatic carbocycles. The van der Waals surface area contributed by atoms with Gasteiger partial charge in [0, 0.05) is 17.7 Å². The summed E-state index contributed by atoms with van der Waals surface area (Å²) in [6, 6.07) is -0.0890. The predicted octanol–water partition coefficient (Wildman–Crippen LogP) is 2.67. The maximum absolute atomic E-state index is 12.4. The van der Waals surface area contributed by atoms with E-state index >= 15 is 0 Å². The van der Waals surface area contributed by atoms with Gasteiger partial charge < -0.3 is 19.4 Å². The van der Waals surface area contributed by atoms with Crippen LogP contribution in [-0.4, -0.2) is 45.5 Å². The summed E-state index contributed by atoms with van der Waals surface area (Å²) in [5.74, 6) is -1.05. The maximum atomic E-state index is 12.4. The molecule has 1 aliphatic heterocycles. The van der Waals surface area contributed by atoms with Crippen molar-refractivity contribution in [3.8, 4) is 0 Å². The van der Waals surface area contributed by atoms with Crippen LogP contribution < -0.4 is 5.32 Å². The monoisotopic (exact) mass is 428 g/mol. The zero-order valence-corrected chi connectivity index (χ0v) is 16.3. The Morgan fingerprint density at radius 2 is 2.12 bits per heavy atom. The number of amides is 1. The normalized spacial score (nSPS) is 30.6. The van der Waals surface area contributed by atoms with Crippen molar-refractivity contribution in [2.45, 2.75) is 44.3 Å². The molecule has 134 valence electrons. The van der Waals surface area contributed by atoms with Crippen molar-refractivity contribution >= 4 is 44.5 Å². The SMILES string of the molecule is CNC(=O)[C@H]1C[C@@H](n2cc(Br)c3c(Cl)ncnc32)[C@@H]2OC(C)(C)O[C@@H]21. The predicted molar refractivity (Wildman–Crippen MR) is 95.3 cm³/mol. The Morgan fingerprint density at radius 1 is 1.40 bits per heavy atom. The molecule has 4 rings (SSSR count). The summed E-state index contributed by atoms with van der Waals surface area (Å²) in [7, 11) is 1.64. The van der Waals surface area contributed by atoms with Crippen LogP contribution in [0, 0.1) is 5.92 Å². The summed E-state index contributed by atoms with van der Waals surface area (Å²) in [6.45, 7) is 3.73. The van der Waals surface area contributed by atoms with Gasteiger partial charge in [0.1, 0.15) is 29.3 Å². The Morgan fingerprint density at radius 3 is 2.84 bits per heavy atom. The summed E-state index contributed by atoms with van der Waals surface area (Å²) in [6.07, 6.45) is 3.42. The van der Waals surface area contributed by atoms with Crippen LogP contribution in [0.15, 0.2) is 17.0 Å². The lowest BCUT2D eigenvalue weighted by atomic mass is 10.0. The second-order valence-corrected chi connectivity index (χ2v) is 8.05. The Balaban J connectivity index is 1.80. The van der Waals surface area contributed by atoms with E-state index in [0.717, 1.165) is 9.86 Å². The van der Waals surface area contributed by atoms with Gasteiger partial charge in [0.05, 0.1) is 17.3 Å². The highest BCUT2D eigenvalue weighted by Crippen LogP contribution is 2.48. The molecule has 3 heterocycles. The molecule has 2 aliphatic rings. The van der Waals surface area contributed by atoms with Gasteiger partial charge in [-0.2, -0.15) is 0 Å². The average molecular weight is 430 g/mol. The molecule has 1 saturated heterocycles. The van der Waals surface area contributed by atoms with Gasteiger partial charge in [0.15, 0.2) is 5.79 Å². The van der Waals surface area contributed by atoms with E-state index in [1.807, 2.05) is 24.6 Å². The quantitative estimate of drug-likeness (QED) is 0.743. The van der Waals surface area contributed by atoms with E-state index in [-0.39, 0.29) is 30.1 Å². The molecule has 4 atom stereocenters. The van der Waals surface area contributed by atoms with Gasteiger partial charge in [-0.05, 0) is 36.2 Å². The summed E-state index contributed by atoms with van der Waals surface area (Å²) in [4.78, 5) is 20.8. The van der Waals surface area contributed by atoms with Crippen molar-refractivity contribution in [2.75, 3.05) is 7.05 Å². The number of hydrogen-bond acceptors (Lipinski definition) is 5. The number of hydrogen-bond donors (Lipinski definition) is 1. The fourth-order valence-corrected chi connectivity index (χ4v) is 4.85. The van der Waals surface area contributed by atoms with Gasteiger partial charge in [0.25, 0.3) is 0 Å². The molecule has 0 radical (unpaired) electrons. The highest BCUT2D eigenvalue weighted by molar-refractivity contribution is 9.10. The molecule has 7 nitrogen and oxygen atoms in total. The second-order valence-electron chi connectivity index (χ2n) is 6.84. The van der Waals surface area contributed by atoms with E-state index in [0.29, 0.717) is 17.2 Å². The molecule has 0 unspecified atom stereocenters. The third kappa shape index (κ3) is 2.66. The largest absolute Gasteiger partial charge is 0.359 e. The molecule has 25 heavy (non-hydrogen) atoms. The van der Waals surface area contributed by atoms with Crippen molar-refractivity contribution in [1.29, 1.82) is 0 Å². The smallest absolute Gasteiger partial charge is 0.225 e. The topological polar surface area (TPSA) is 78.3 Å². The number of nitrogens with zero attached hydrogens (tertiary/aromatic N) is 3. The highest BCUT2D eigenvalue weighted by atomic mass is 79.9. The maximum Gasteiger partial charge on any atom is 0.225 e. The average Bonchev–Trinajstić information content (AvgIpc) is 3.16. The fraction of sp³-hybridized carbons (Fsp3) is 0.562. The van der Waals surface area contributed by atoms with Crippen molar-refractivity contribution in [2.24, 2.45) is 5.92 Å². The molecule has 0 aromatic carbocycles. The summed E-state index contributed by atoms with van der Waals surface area (Å²) in [5.41, 5.74) is 0.710. The molecule has 9 heteroatoms. The Hall–Kier alpha value is -1.22. The van der Waals surface area contributed by atoms with E-state index in [9.17, 15) is 4.79 Å². The second kappa shape index (κ2) is 5.90. The van der Waals surface area contributed by atoms with E-state index < -0.39 is 5.79 Å². The molecular formula is C16H18BrClN4O3. The van der Waals surface area contributed by atoms with Crippen LogP contribution in [0.2, 0.25) is 5.15 Å². The number of nitrogens with one attached hydrogen (secondary N) is 1. The van der Waals surface area contributed by atoms with Crippen LogP contribution in [0.1, 0.15) is 26.3 Å². The first-order valence-corrected chi connectivity index (χ1v) is 9.23. The van der Waals surface area contributed by atoms with Crippen LogP contribution in [-0.2, 0) is 14.3 Å². The molecule has 1 amide bonds. The fourth-order valence-electron chi connectivity index (χ4n) is 3.93. The van der Waals surface area contributed by atoms with Crippen molar-refractivity contribution < 1.29 is 14.3 Å². The van der Waals surface area contributed by atoms with Gasteiger partial charge in [0.2, 0.25) is 5.91 Å². The van der Waals surface area contributed by atoms with E-state index in [4.69, 9.17) is 21.1 Å². The Labute approximate surface area is 158 Å². The Kier molecular flexibility index (Phi) is 4.06. The van der Waals surface area contributed by atoms with Crippen molar-refractivity contribution in [3.63, 3.8) is 0 Å². The number of fused-ring (bicyclic) bond motifs is 2. The molecular weight excluding hydrogens is 412 g/mol. The molecule has 0 spiro atoms. The highest BCUT2D eigenvalue weighted by Gasteiger charge is 2.56. The molecule has 2 fully saturated rings. The van der Waals surface area contributed by atoms with Crippen LogP contribution >= 0.6 is 27.5 Å². The first-order valence-electron chi connectivity index (χ1n) is 8.06. The molecule has 2 aromatic heterocycles. The van der Waals surface area contributed by atoms with Crippen LogP contribution in [0.4, 0.5) is 0 Å². The van der Waals surface area contributed by atoms with Crippen LogP contribution in [0.5, 0.6) is 0 Å².